The van der Waals surface area contributed by atoms with Gasteiger partial charge in [0.15, 0.2) is 0 Å². The number of amides is 2. The van der Waals surface area contributed by atoms with Crippen molar-refractivity contribution in [3.63, 3.8) is 0 Å². The zero-order valence-electron chi connectivity index (χ0n) is 14.5. The summed E-state index contributed by atoms with van der Waals surface area (Å²) in [6.45, 7) is 1.50. The van der Waals surface area contributed by atoms with Gasteiger partial charge in [0.2, 0.25) is 10.0 Å². The van der Waals surface area contributed by atoms with Gasteiger partial charge in [-0.25, -0.2) is 13.2 Å². The van der Waals surface area contributed by atoms with Crippen LogP contribution in [0, 0.1) is 0 Å². The largest absolute Gasteiger partial charge is 0.334 e. The number of para-hydroxylation sites is 1. The number of urea groups is 1. The number of carbonyl (C=O) groups is 1. The summed E-state index contributed by atoms with van der Waals surface area (Å²) in [7, 11) is -3.42. The second-order valence-electron chi connectivity index (χ2n) is 6.28. The predicted octanol–water partition coefficient (Wildman–Crippen LogP) is 3.18. The van der Waals surface area contributed by atoms with Crippen LogP contribution in [0.2, 0.25) is 0 Å². The van der Waals surface area contributed by atoms with Gasteiger partial charge in [-0.3, -0.25) is 0 Å². The van der Waals surface area contributed by atoms with Gasteiger partial charge >= 0.3 is 6.03 Å². The SMILES string of the molecule is O=C(NCc1ccc(S(=O)(=O)N2CCCCC2)cc1)Nc1ccccc1. The van der Waals surface area contributed by atoms with E-state index < -0.39 is 10.0 Å². The number of rotatable bonds is 5. The summed E-state index contributed by atoms with van der Waals surface area (Å²) in [5.74, 6) is 0. The van der Waals surface area contributed by atoms with Crippen LogP contribution in [0.4, 0.5) is 10.5 Å². The molecule has 0 saturated carbocycles. The number of piperidine rings is 1. The van der Waals surface area contributed by atoms with E-state index in [2.05, 4.69) is 10.6 Å². The Labute approximate surface area is 154 Å². The minimum atomic E-state index is -3.42. The molecule has 1 saturated heterocycles. The average molecular weight is 373 g/mol. The predicted molar refractivity (Wildman–Crippen MR) is 101 cm³/mol. The Kier molecular flexibility index (Phi) is 5.90. The summed E-state index contributed by atoms with van der Waals surface area (Å²) >= 11 is 0. The molecule has 1 fully saturated rings. The summed E-state index contributed by atoms with van der Waals surface area (Å²) in [5.41, 5.74) is 1.55. The average Bonchev–Trinajstić information content (AvgIpc) is 2.68. The van der Waals surface area contributed by atoms with E-state index in [1.165, 1.54) is 0 Å². The van der Waals surface area contributed by atoms with Crippen LogP contribution in [-0.2, 0) is 16.6 Å². The number of sulfonamides is 1. The Morgan fingerprint density at radius 3 is 2.23 bits per heavy atom. The molecule has 0 unspecified atom stereocenters. The van der Waals surface area contributed by atoms with Gasteiger partial charge in [0.05, 0.1) is 4.90 Å². The molecule has 2 amide bonds. The molecule has 0 spiro atoms. The molecular weight excluding hydrogens is 350 g/mol. The Morgan fingerprint density at radius 1 is 0.923 bits per heavy atom. The van der Waals surface area contributed by atoms with Crippen molar-refractivity contribution in [3.05, 3.63) is 60.2 Å². The maximum Gasteiger partial charge on any atom is 0.319 e. The Hall–Kier alpha value is -2.38. The molecule has 1 heterocycles. The van der Waals surface area contributed by atoms with Gasteiger partial charge < -0.3 is 10.6 Å². The van der Waals surface area contributed by atoms with Crippen LogP contribution >= 0.6 is 0 Å². The van der Waals surface area contributed by atoms with E-state index in [0.717, 1.165) is 24.8 Å². The Balaban J connectivity index is 1.56. The minimum Gasteiger partial charge on any atom is -0.334 e. The van der Waals surface area contributed by atoms with Crippen LogP contribution < -0.4 is 10.6 Å². The van der Waals surface area contributed by atoms with Gasteiger partial charge in [-0.2, -0.15) is 4.31 Å². The van der Waals surface area contributed by atoms with Crippen LogP contribution in [-0.4, -0.2) is 31.8 Å². The first-order valence-electron chi connectivity index (χ1n) is 8.75. The van der Waals surface area contributed by atoms with Crippen molar-refractivity contribution in [1.82, 2.24) is 9.62 Å². The van der Waals surface area contributed by atoms with Crippen molar-refractivity contribution in [3.8, 4) is 0 Å². The normalized spacial score (nSPS) is 15.4. The fourth-order valence-electron chi connectivity index (χ4n) is 2.91. The van der Waals surface area contributed by atoms with Gasteiger partial charge in [0, 0.05) is 25.3 Å². The number of anilines is 1. The van der Waals surface area contributed by atoms with Crippen molar-refractivity contribution in [2.45, 2.75) is 30.7 Å². The molecule has 26 heavy (non-hydrogen) atoms. The zero-order chi connectivity index (χ0) is 18.4. The van der Waals surface area contributed by atoms with Gasteiger partial charge in [-0.05, 0) is 42.7 Å². The molecule has 7 heteroatoms. The molecule has 3 rings (SSSR count). The third kappa shape index (κ3) is 4.62. The molecule has 1 aliphatic rings. The summed E-state index contributed by atoms with van der Waals surface area (Å²) in [5, 5.41) is 5.50. The van der Waals surface area contributed by atoms with E-state index in [4.69, 9.17) is 0 Å². The van der Waals surface area contributed by atoms with Crippen molar-refractivity contribution in [2.24, 2.45) is 0 Å². The second-order valence-corrected chi connectivity index (χ2v) is 8.22. The monoisotopic (exact) mass is 373 g/mol. The summed E-state index contributed by atoms with van der Waals surface area (Å²) < 4.78 is 26.8. The number of benzene rings is 2. The van der Waals surface area contributed by atoms with Gasteiger partial charge in [0.1, 0.15) is 0 Å². The quantitative estimate of drug-likeness (QED) is 0.845. The first-order chi connectivity index (χ1) is 12.6. The summed E-state index contributed by atoms with van der Waals surface area (Å²) in [4.78, 5) is 12.2. The standard InChI is InChI=1S/C19H23N3O3S/c23-19(21-17-7-3-1-4-8-17)20-15-16-9-11-18(12-10-16)26(24,25)22-13-5-2-6-14-22/h1,3-4,7-12H,2,5-6,13-15H2,(H2,20,21,23). The molecule has 2 aromatic rings. The van der Waals surface area contributed by atoms with Crippen LogP contribution in [0.1, 0.15) is 24.8 Å². The third-order valence-corrected chi connectivity index (χ3v) is 6.27. The molecular formula is C19H23N3O3S. The molecule has 2 aromatic carbocycles. The van der Waals surface area contributed by atoms with Crippen molar-refractivity contribution >= 4 is 21.7 Å². The lowest BCUT2D eigenvalue weighted by molar-refractivity contribution is 0.251. The van der Waals surface area contributed by atoms with Gasteiger partial charge in [-0.1, -0.05) is 36.8 Å². The number of hydrogen-bond donors (Lipinski definition) is 2. The maximum absolute atomic E-state index is 12.6. The van der Waals surface area contributed by atoms with E-state index in [1.807, 2.05) is 18.2 Å². The molecule has 0 bridgehead atoms. The van der Waals surface area contributed by atoms with Crippen molar-refractivity contribution in [1.29, 1.82) is 0 Å². The van der Waals surface area contributed by atoms with E-state index in [-0.39, 0.29) is 6.03 Å². The topological polar surface area (TPSA) is 78.5 Å². The van der Waals surface area contributed by atoms with Crippen molar-refractivity contribution in [2.75, 3.05) is 18.4 Å². The Bertz CT molecular complexity index is 830. The lowest BCUT2D eigenvalue weighted by Crippen LogP contribution is -2.35. The van der Waals surface area contributed by atoms with Gasteiger partial charge in [0.25, 0.3) is 0 Å². The molecule has 1 aliphatic heterocycles. The van der Waals surface area contributed by atoms with E-state index in [1.54, 1.807) is 40.7 Å². The highest BCUT2D eigenvalue weighted by molar-refractivity contribution is 7.89. The molecule has 0 aromatic heterocycles. The first kappa shape index (κ1) is 18.4. The van der Waals surface area contributed by atoms with E-state index >= 15 is 0 Å². The van der Waals surface area contributed by atoms with Crippen LogP contribution in [0.15, 0.2) is 59.5 Å². The van der Waals surface area contributed by atoms with Gasteiger partial charge in [-0.15, -0.1) is 0 Å². The smallest absolute Gasteiger partial charge is 0.319 e. The molecule has 2 N–H and O–H groups in total. The highest BCUT2D eigenvalue weighted by Crippen LogP contribution is 2.20. The lowest BCUT2D eigenvalue weighted by atomic mass is 10.2. The lowest BCUT2D eigenvalue weighted by Gasteiger charge is -2.25. The maximum atomic E-state index is 12.6. The highest BCUT2D eigenvalue weighted by atomic mass is 32.2. The van der Waals surface area contributed by atoms with E-state index in [9.17, 15) is 13.2 Å². The number of carbonyl (C=O) groups excluding carboxylic acids is 1. The minimum absolute atomic E-state index is 0.303. The molecule has 0 aliphatic carbocycles. The Morgan fingerprint density at radius 2 is 1.58 bits per heavy atom. The number of hydrogen-bond acceptors (Lipinski definition) is 3. The number of nitrogens with zero attached hydrogens (tertiary/aromatic N) is 1. The van der Waals surface area contributed by atoms with Crippen molar-refractivity contribution < 1.29 is 13.2 Å². The molecule has 6 nitrogen and oxygen atoms in total. The fraction of sp³-hybridized carbons (Fsp3) is 0.316. The highest BCUT2D eigenvalue weighted by Gasteiger charge is 2.25. The second kappa shape index (κ2) is 8.33. The molecule has 0 radical (unpaired) electrons. The number of nitrogens with one attached hydrogen (secondary N) is 2. The fourth-order valence-corrected chi connectivity index (χ4v) is 4.43. The first-order valence-corrected chi connectivity index (χ1v) is 10.2. The molecule has 138 valence electrons. The van der Waals surface area contributed by atoms with Crippen LogP contribution in [0.25, 0.3) is 0 Å². The van der Waals surface area contributed by atoms with Crippen LogP contribution in [0.5, 0.6) is 0 Å². The summed E-state index contributed by atoms with van der Waals surface area (Å²) in [6.07, 6.45) is 2.91. The zero-order valence-corrected chi connectivity index (χ0v) is 15.3. The van der Waals surface area contributed by atoms with Crippen LogP contribution in [0.3, 0.4) is 0 Å². The summed E-state index contributed by atoms with van der Waals surface area (Å²) in [6, 6.07) is 15.6. The molecule has 0 atom stereocenters. The van der Waals surface area contributed by atoms with E-state index in [0.29, 0.717) is 30.2 Å². The third-order valence-electron chi connectivity index (χ3n) is 4.36.